The van der Waals surface area contributed by atoms with Crippen molar-refractivity contribution in [2.24, 2.45) is 5.41 Å². The maximum Gasteiger partial charge on any atom is 4.00 e. The van der Waals surface area contributed by atoms with Gasteiger partial charge in [-0.3, -0.25) is 0 Å². The predicted octanol–water partition coefficient (Wildman–Crippen LogP) is 7.99. The van der Waals surface area contributed by atoms with Crippen LogP contribution in [-0.4, -0.2) is 51.0 Å². The number of nitrogens with zero attached hydrogens (tertiary/aromatic N) is 10. The van der Waals surface area contributed by atoms with Crippen LogP contribution in [0.4, 0.5) is 20.4 Å². The molecule has 0 N–H and O–H groups in total. The number of carboxylic acids is 2. The fourth-order valence-electron chi connectivity index (χ4n) is 5.42. The van der Waals surface area contributed by atoms with Crippen LogP contribution in [0.15, 0.2) is 58.0 Å². The molecule has 1 aliphatic rings. The molecule has 0 bridgehead atoms. The fourth-order valence-corrected chi connectivity index (χ4v) is 6.68. The number of halogens is 6. The van der Waals surface area contributed by atoms with E-state index in [-0.39, 0.29) is 81.3 Å². The largest absolute Gasteiger partial charge is 4.00 e. The van der Waals surface area contributed by atoms with Crippen LogP contribution < -0.4 is 10.2 Å². The molecule has 0 aliphatic heterocycles. The molecule has 21 heteroatoms. The van der Waals surface area contributed by atoms with Crippen molar-refractivity contribution in [3.63, 3.8) is 0 Å². The molecule has 302 valence electrons. The maximum absolute atomic E-state index is 13.9. The Bertz CT molecular complexity index is 2200. The SMILES string of the molecule is CC(C)n1cnc2c([N-]Cc3c(F)cccc3Br)nc(Cl)nc21.CC(C)n1cnc2c([N-]Cc3c(F)cccc3Br)nc(Cl)nc21.O=C([O-])C1(C(=O)[O-])CCC1.[Pt+4]. The molecule has 0 saturated heterocycles. The number of benzene rings is 2. The quantitative estimate of drug-likeness (QED) is 0.0958. The van der Waals surface area contributed by atoms with Crippen molar-refractivity contribution >= 4 is 101 Å². The summed E-state index contributed by atoms with van der Waals surface area (Å²) in [6, 6.07) is 9.95. The van der Waals surface area contributed by atoms with Gasteiger partial charge in [0.25, 0.3) is 0 Å². The number of carbonyl (C=O) groups is 2. The number of imidazole rings is 2. The second-order valence-corrected chi connectivity index (χ2v) is 15.4. The van der Waals surface area contributed by atoms with Crippen molar-refractivity contribution < 1.29 is 49.6 Å². The van der Waals surface area contributed by atoms with Crippen molar-refractivity contribution in [3.05, 3.63) is 102 Å². The summed E-state index contributed by atoms with van der Waals surface area (Å²) in [5.74, 6) is -2.97. The Hall–Kier alpha value is -3.83. The molecule has 1 saturated carbocycles. The summed E-state index contributed by atoms with van der Waals surface area (Å²) in [6.07, 6.45) is 4.29. The molecule has 7 rings (SSSR count). The van der Waals surface area contributed by atoms with Gasteiger partial charge in [-0.1, -0.05) is 73.6 Å². The first-order chi connectivity index (χ1) is 26.5. The summed E-state index contributed by atoms with van der Waals surface area (Å²) in [6.45, 7) is 8.33. The standard InChI is InChI=1S/2C15H13BrClFN5.C6H8O4.Pt/c2*1-8(2)23-7-20-12-13(21-15(17)22-14(12)23)19-6-9-10(16)4-3-5-11(9)18;7-4(8)6(5(9)10)2-1-3-6;/h2*3-5,7-8H,6H2,1-2H3;1-3H2,(H,7,8)(H,9,10);/q2*-1;;+4/p-2. The first-order valence-corrected chi connectivity index (χ1v) is 19.3. The van der Waals surface area contributed by atoms with E-state index in [9.17, 15) is 28.6 Å². The number of aromatic nitrogens is 8. The van der Waals surface area contributed by atoms with Gasteiger partial charge in [-0.05, 0) is 89.5 Å². The van der Waals surface area contributed by atoms with E-state index in [2.05, 4.69) is 72.4 Å². The summed E-state index contributed by atoms with van der Waals surface area (Å²) in [5, 5.41) is 29.4. The van der Waals surface area contributed by atoms with E-state index in [0.29, 0.717) is 60.5 Å². The van der Waals surface area contributed by atoms with E-state index in [1.54, 1.807) is 36.9 Å². The minimum atomic E-state index is -1.67. The maximum atomic E-state index is 13.9. The Morgan fingerprint density at radius 2 is 1.14 bits per heavy atom. The van der Waals surface area contributed by atoms with E-state index in [4.69, 9.17) is 23.2 Å². The van der Waals surface area contributed by atoms with Crippen LogP contribution in [0.2, 0.25) is 10.6 Å². The molecule has 0 unspecified atom stereocenters. The molecule has 14 nitrogen and oxygen atoms in total. The Balaban J connectivity index is 0.000000202. The molecule has 4 aromatic heterocycles. The molecular formula is C36H32Br2Cl2F2N10O4Pt. The monoisotopic (exact) mass is 1130 g/mol. The van der Waals surface area contributed by atoms with Gasteiger partial charge in [-0.25, -0.2) is 28.7 Å². The van der Waals surface area contributed by atoms with Crippen LogP contribution in [0, 0.1) is 17.0 Å². The molecular weight excluding hydrogens is 1100 g/mol. The van der Waals surface area contributed by atoms with Crippen LogP contribution in [0.25, 0.3) is 33.0 Å². The Morgan fingerprint density at radius 1 is 0.754 bits per heavy atom. The second kappa shape index (κ2) is 19.7. The van der Waals surface area contributed by atoms with Gasteiger partial charge < -0.3 is 49.5 Å². The Labute approximate surface area is 366 Å². The minimum Gasteiger partial charge on any atom is -0.549 e. The van der Waals surface area contributed by atoms with Gasteiger partial charge in [0.15, 0.2) is 11.3 Å². The molecule has 0 atom stereocenters. The molecule has 1 fully saturated rings. The van der Waals surface area contributed by atoms with Crippen LogP contribution >= 0.6 is 55.1 Å². The molecule has 57 heavy (non-hydrogen) atoms. The van der Waals surface area contributed by atoms with Gasteiger partial charge in [-0.2, -0.15) is 0 Å². The minimum absolute atomic E-state index is 0. The van der Waals surface area contributed by atoms with Crippen molar-refractivity contribution in [2.45, 2.75) is 72.1 Å². The van der Waals surface area contributed by atoms with E-state index in [1.807, 2.05) is 36.8 Å². The molecule has 2 aromatic carbocycles. The number of hydrogen-bond donors (Lipinski definition) is 0. The zero-order valence-electron chi connectivity index (χ0n) is 30.5. The third-order valence-electron chi connectivity index (χ3n) is 8.75. The van der Waals surface area contributed by atoms with Crippen LogP contribution in [0.5, 0.6) is 0 Å². The Morgan fingerprint density at radius 3 is 1.42 bits per heavy atom. The number of aliphatic carboxylic acids is 2. The van der Waals surface area contributed by atoms with E-state index in [1.165, 1.54) is 12.1 Å². The van der Waals surface area contributed by atoms with Gasteiger partial charge in [-0.15, -0.1) is 0 Å². The third-order valence-corrected chi connectivity index (χ3v) is 10.6. The van der Waals surface area contributed by atoms with Crippen molar-refractivity contribution in [3.8, 4) is 0 Å². The van der Waals surface area contributed by atoms with Crippen molar-refractivity contribution in [1.82, 2.24) is 39.0 Å². The number of fused-ring (bicyclic) bond motifs is 2. The molecule has 0 spiro atoms. The summed E-state index contributed by atoms with van der Waals surface area (Å²) in [4.78, 5) is 45.7. The van der Waals surface area contributed by atoms with Gasteiger partial charge in [0.1, 0.15) is 33.2 Å². The first-order valence-electron chi connectivity index (χ1n) is 17.0. The van der Waals surface area contributed by atoms with Crippen molar-refractivity contribution in [1.29, 1.82) is 0 Å². The van der Waals surface area contributed by atoms with Crippen LogP contribution in [0.3, 0.4) is 0 Å². The molecule has 6 aromatic rings. The van der Waals surface area contributed by atoms with E-state index >= 15 is 0 Å². The normalized spacial score (nSPS) is 12.9. The summed E-state index contributed by atoms with van der Waals surface area (Å²) in [7, 11) is 0. The predicted molar refractivity (Wildman–Crippen MR) is 209 cm³/mol. The van der Waals surface area contributed by atoms with Gasteiger partial charge >= 0.3 is 21.1 Å². The molecule has 4 heterocycles. The van der Waals surface area contributed by atoms with Gasteiger partial charge in [0.2, 0.25) is 0 Å². The smallest absolute Gasteiger partial charge is 0.549 e. The van der Waals surface area contributed by atoms with Crippen LogP contribution in [-0.2, 0) is 43.7 Å². The van der Waals surface area contributed by atoms with Gasteiger partial charge in [0, 0.05) is 37.6 Å². The summed E-state index contributed by atoms with van der Waals surface area (Å²) in [5.41, 5.74) is 1.58. The van der Waals surface area contributed by atoms with E-state index < -0.39 is 17.4 Å². The third kappa shape index (κ3) is 10.4. The number of carbonyl (C=O) groups excluding carboxylic acids is 2. The first kappa shape index (κ1) is 45.9. The second-order valence-electron chi connectivity index (χ2n) is 13.0. The Kier molecular flexibility index (Phi) is 15.9. The zero-order chi connectivity index (χ0) is 40.9. The molecule has 1 aliphatic carbocycles. The van der Waals surface area contributed by atoms with E-state index in [0.717, 1.165) is 0 Å². The number of carboxylic acid groups (broad SMARTS) is 2. The zero-order valence-corrected chi connectivity index (χ0v) is 37.5. The fraction of sp³-hybridized carbons (Fsp3) is 0.333. The molecule has 0 amide bonds. The van der Waals surface area contributed by atoms with Gasteiger partial charge in [0.05, 0.1) is 24.6 Å². The summed E-state index contributed by atoms with van der Waals surface area (Å²) >= 11 is 18.6. The average molecular weight is 1130 g/mol. The molecule has 0 radical (unpaired) electrons. The average Bonchev–Trinajstić information content (AvgIpc) is 3.72. The van der Waals surface area contributed by atoms with Crippen molar-refractivity contribution in [2.75, 3.05) is 0 Å². The number of rotatable bonds is 10. The van der Waals surface area contributed by atoms with Crippen LogP contribution in [0.1, 0.15) is 70.2 Å². The number of hydrogen-bond acceptors (Lipinski definition) is 10. The topological polar surface area (TPSA) is 196 Å². The summed E-state index contributed by atoms with van der Waals surface area (Å²) < 4.78 is 32.9.